The minimum absolute atomic E-state index is 0.638. The Morgan fingerprint density at radius 1 is 1.42 bits per heavy atom. The summed E-state index contributed by atoms with van der Waals surface area (Å²) in [6.45, 7) is 0.638. The Morgan fingerprint density at radius 3 is 2.83 bits per heavy atom. The highest BCUT2D eigenvalue weighted by Gasteiger charge is 2.03. The second kappa shape index (κ2) is 5.10. The SMILES string of the molecule is Clc1cccc(OCCBr)c1Br. The Balaban J connectivity index is 2.78. The number of alkyl halides is 1. The molecule has 0 heterocycles. The Morgan fingerprint density at radius 2 is 2.17 bits per heavy atom. The number of halogens is 3. The Hall–Kier alpha value is 0.270. The molecule has 0 spiro atoms. The highest BCUT2D eigenvalue weighted by atomic mass is 79.9. The monoisotopic (exact) mass is 312 g/mol. The zero-order valence-corrected chi connectivity index (χ0v) is 10.1. The lowest BCUT2D eigenvalue weighted by Gasteiger charge is -2.06. The summed E-state index contributed by atoms with van der Waals surface area (Å²) in [4.78, 5) is 0. The molecule has 66 valence electrons. The maximum Gasteiger partial charge on any atom is 0.135 e. The van der Waals surface area contributed by atoms with Gasteiger partial charge in [0.05, 0.1) is 16.1 Å². The van der Waals surface area contributed by atoms with E-state index in [2.05, 4.69) is 31.9 Å². The van der Waals surface area contributed by atoms with Crippen LogP contribution in [0.2, 0.25) is 5.02 Å². The summed E-state index contributed by atoms with van der Waals surface area (Å²) in [5.74, 6) is 0.780. The van der Waals surface area contributed by atoms with Crippen molar-refractivity contribution < 1.29 is 4.74 Å². The molecule has 0 saturated carbocycles. The van der Waals surface area contributed by atoms with Gasteiger partial charge in [-0.2, -0.15) is 0 Å². The molecule has 4 heteroatoms. The summed E-state index contributed by atoms with van der Waals surface area (Å²) in [7, 11) is 0. The molecule has 0 aliphatic rings. The van der Waals surface area contributed by atoms with Crippen LogP contribution in [0.15, 0.2) is 22.7 Å². The van der Waals surface area contributed by atoms with Gasteiger partial charge in [-0.3, -0.25) is 0 Å². The number of benzene rings is 1. The zero-order valence-electron chi connectivity index (χ0n) is 6.19. The summed E-state index contributed by atoms with van der Waals surface area (Å²) in [6.07, 6.45) is 0. The molecule has 12 heavy (non-hydrogen) atoms. The average Bonchev–Trinajstić information content (AvgIpc) is 2.08. The van der Waals surface area contributed by atoms with E-state index in [0.717, 1.165) is 15.6 Å². The van der Waals surface area contributed by atoms with Crippen LogP contribution in [-0.2, 0) is 0 Å². The van der Waals surface area contributed by atoms with Crippen molar-refractivity contribution in [3.05, 3.63) is 27.7 Å². The van der Waals surface area contributed by atoms with Gasteiger partial charge in [-0.25, -0.2) is 0 Å². The molecule has 1 aromatic rings. The molecule has 0 aliphatic carbocycles. The number of rotatable bonds is 3. The molecule has 0 aliphatic heterocycles. The lowest BCUT2D eigenvalue weighted by molar-refractivity contribution is 0.343. The minimum atomic E-state index is 0.638. The molecule has 1 aromatic carbocycles. The van der Waals surface area contributed by atoms with Crippen molar-refractivity contribution in [1.29, 1.82) is 0 Å². The summed E-state index contributed by atoms with van der Waals surface area (Å²) in [5.41, 5.74) is 0. The zero-order chi connectivity index (χ0) is 8.97. The van der Waals surface area contributed by atoms with E-state index in [1.807, 2.05) is 18.2 Å². The quantitative estimate of drug-likeness (QED) is 0.770. The van der Waals surface area contributed by atoms with Gasteiger partial charge in [0.15, 0.2) is 0 Å². The van der Waals surface area contributed by atoms with Crippen molar-refractivity contribution in [1.82, 2.24) is 0 Å². The lowest BCUT2D eigenvalue weighted by Crippen LogP contribution is -1.98. The van der Waals surface area contributed by atoms with E-state index in [-0.39, 0.29) is 0 Å². The second-order valence-electron chi connectivity index (χ2n) is 2.09. The smallest absolute Gasteiger partial charge is 0.135 e. The van der Waals surface area contributed by atoms with E-state index in [1.54, 1.807) is 0 Å². The van der Waals surface area contributed by atoms with Gasteiger partial charge >= 0.3 is 0 Å². The van der Waals surface area contributed by atoms with Crippen molar-refractivity contribution >= 4 is 43.5 Å². The Kier molecular flexibility index (Phi) is 4.40. The van der Waals surface area contributed by atoms with Crippen LogP contribution in [-0.4, -0.2) is 11.9 Å². The van der Waals surface area contributed by atoms with Gasteiger partial charge in [0, 0.05) is 5.33 Å². The van der Waals surface area contributed by atoms with Crippen LogP contribution in [0.5, 0.6) is 5.75 Å². The second-order valence-corrected chi connectivity index (χ2v) is 4.08. The lowest BCUT2D eigenvalue weighted by atomic mass is 10.3. The van der Waals surface area contributed by atoms with Crippen molar-refractivity contribution in [2.45, 2.75) is 0 Å². The van der Waals surface area contributed by atoms with Gasteiger partial charge in [0.2, 0.25) is 0 Å². The molecule has 0 radical (unpaired) electrons. The van der Waals surface area contributed by atoms with Gasteiger partial charge in [-0.05, 0) is 28.1 Å². The first kappa shape index (κ1) is 10.4. The van der Waals surface area contributed by atoms with Gasteiger partial charge in [-0.15, -0.1) is 0 Å². The normalized spacial score (nSPS) is 9.92. The molecule has 0 atom stereocenters. The van der Waals surface area contributed by atoms with E-state index in [4.69, 9.17) is 16.3 Å². The first-order chi connectivity index (χ1) is 5.75. The van der Waals surface area contributed by atoms with Crippen molar-refractivity contribution in [2.75, 3.05) is 11.9 Å². The van der Waals surface area contributed by atoms with Crippen molar-refractivity contribution in [2.24, 2.45) is 0 Å². The van der Waals surface area contributed by atoms with Gasteiger partial charge in [-0.1, -0.05) is 33.6 Å². The predicted octanol–water partition coefficient (Wildman–Crippen LogP) is 3.88. The third-order valence-corrected chi connectivity index (χ3v) is 2.94. The predicted molar refractivity (Wildman–Crippen MR) is 58.4 cm³/mol. The maximum atomic E-state index is 5.85. The molecule has 0 unspecified atom stereocenters. The van der Waals surface area contributed by atoms with Crippen LogP contribution >= 0.6 is 43.5 Å². The summed E-state index contributed by atoms with van der Waals surface area (Å²) in [5, 5.41) is 1.48. The third kappa shape index (κ3) is 2.64. The van der Waals surface area contributed by atoms with E-state index in [0.29, 0.717) is 11.6 Å². The number of hydrogen-bond acceptors (Lipinski definition) is 1. The fraction of sp³-hybridized carbons (Fsp3) is 0.250. The summed E-state index contributed by atoms with van der Waals surface area (Å²) in [6, 6.07) is 5.54. The minimum Gasteiger partial charge on any atom is -0.491 e. The first-order valence-electron chi connectivity index (χ1n) is 3.38. The molecular weight excluding hydrogens is 307 g/mol. The van der Waals surface area contributed by atoms with Crippen molar-refractivity contribution in [3.63, 3.8) is 0 Å². The molecule has 1 rings (SSSR count). The largest absolute Gasteiger partial charge is 0.491 e. The molecule has 0 saturated heterocycles. The fourth-order valence-corrected chi connectivity index (χ4v) is 1.45. The summed E-state index contributed by atoms with van der Waals surface area (Å²) >= 11 is 12.5. The molecule has 0 aromatic heterocycles. The molecular formula is C8H7Br2ClO. The molecule has 0 bridgehead atoms. The Bertz CT molecular complexity index is 265. The van der Waals surface area contributed by atoms with Crippen LogP contribution in [0, 0.1) is 0 Å². The van der Waals surface area contributed by atoms with E-state index < -0.39 is 0 Å². The fourth-order valence-electron chi connectivity index (χ4n) is 0.744. The number of ether oxygens (including phenoxy) is 1. The first-order valence-corrected chi connectivity index (χ1v) is 5.67. The summed E-state index contributed by atoms with van der Waals surface area (Å²) < 4.78 is 6.20. The van der Waals surface area contributed by atoms with Crippen LogP contribution in [0.3, 0.4) is 0 Å². The van der Waals surface area contributed by atoms with Crippen LogP contribution in [0.1, 0.15) is 0 Å². The maximum absolute atomic E-state index is 5.85. The van der Waals surface area contributed by atoms with E-state index >= 15 is 0 Å². The van der Waals surface area contributed by atoms with Crippen LogP contribution in [0.25, 0.3) is 0 Å². The van der Waals surface area contributed by atoms with Crippen molar-refractivity contribution in [3.8, 4) is 5.75 Å². The number of hydrogen-bond donors (Lipinski definition) is 0. The molecule has 0 N–H and O–H groups in total. The highest BCUT2D eigenvalue weighted by Crippen LogP contribution is 2.31. The Labute approximate surface area is 93.3 Å². The molecule has 0 fully saturated rings. The standard InChI is InChI=1S/C8H7Br2ClO/c9-4-5-12-7-3-1-2-6(11)8(7)10/h1-3H,4-5H2. The third-order valence-electron chi connectivity index (χ3n) is 1.25. The van der Waals surface area contributed by atoms with Gasteiger partial charge < -0.3 is 4.74 Å². The van der Waals surface area contributed by atoms with E-state index in [1.165, 1.54) is 0 Å². The van der Waals surface area contributed by atoms with Crippen LogP contribution in [0.4, 0.5) is 0 Å². The topological polar surface area (TPSA) is 9.23 Å². The van der Waals surface area contributed by atoms with Gasteiger partial charge in [0.1, 0.15) is 5.75 Å². The van der Waals surface area contributed by atoms with Crippen LogP contribution < -0.4 is 4.74 Å². The van der Waals surface area contributed by atoms with Gasteiger partial charge in [0.25, 0.3) is 0 Å². The highest BCUT2D eigenvalue weighted by molar-refractivity contribution is 9.10. The molecule has 1 nitrogen and oxygen atoms in total. The van der Waals surface area contributed by atoms with E-state index in [9.17, 15) is 0 Å². The molecule has 0 amide bonds. The average molecular weight is 314 g/mol.